The predicted molar refractivity (Wildman–Crippen MR) is 79.1 cm³/mol. The molecule has 0 spiro atoms. The van der Waals surface area contributed by atoms with Gasteiger partial charge in [0, 0.05) is 0 Å². The monoisotopic (exact) mass is 293 g/mol. The van der Waals surface area contributed by atoms with Crippen molar-refractivity contribution < 1.29 is 19.7 Å². The molecule has 0 radical (unpaired) electrons. The van der Waals surface area contributed by atoms with E-state index in [1.54, 1.807) is 7.11 Å². The summed E-state index contributed by atoms with van der Waals surface area (Å²) in [4.78, 5) is 12.1. The molecule has 0 aromatic heterocycles. The quantitative estimate of drug-likeness (QED) is 0.724. The first kappa shape index (κ1) is 15.8. The maximum atomic E-state index is 12.1. The number of rotatable bonds is 4. The Bertz CT molecular complexity index is 477. The van der Waals surface area contributed by atoms with Gasteiger partial charge in [-0.3, -0.25) is 4.79 Å². The van der Waals surface area contributed by atoms with Gasteiger partial charge in [-0.15, -0.1) is 0 Å². The zero-order valence-electron chi connectivity index (χ0n) is 12.3. The van der Waals surface area contributed by atoms with Crippen LogP contribution in [-0.4, -0.2) is 41.5 Å². The van der Waals surface area contributed by atoms with E-state index in [9.17, 15) is 15.0 Å². The van der Waals surface area contributed by atoms with Crippen molar-refractivity contribution in [2.75, 3.05) is 7.11 Å². The summed E-state index contributed by atoms with van der Waals surface area (Å²) in [7, 11) is 1.59. The Morgan fingerprint density at radius 3 is 2.86 bits per heavy atom. The Hall–Kier alpha value is -1.59. The van der Waals surface area contributed by atoms with Gasteiger partial charge in [-0.1, -0.05) is 25.0 Å². The van der Waals surface area contributed by atoms with Gasteiger partial charge in [0.1, 0.15) is 5.75 Å². The zero-order valence-corrected chi connectivity index (χ0v) is 12.3. The number of amides is 1. The Morgan fingerprint density at radius 2 is 2.10 bits per heavy atom. The molecular weight excluding hydrogens is 270 g/mol. The number of aliphatic hydroxyl groups excluding tert-OH is 2. The molecule has 0 heterocycles. The lowest BCUT2D eigenvalue weighted by Crippen LogP contribution is -2.47. The van der Waals surface area contributed by atoms with Crippen molar-refractivity contribution in [3.05, 3.63) is 29.8 Å². The van der Waals surface area contributed by atoms with Gasteiger partial charge < -0.3 is 20.3 Å². The molecule has 0 unspecified atom stereocenters. The number of methoxy groups -OCH3 is 1. The summed E-state index contributed by atoms with van der Waals surface area (Å²) in [5, 5.41) is 22.6. The normalized spacial score (nSPS) is 26.0. The summed E-state index contributed by atoms with van der Waals surface area (Å²) in [6, 6.07) is 6.97. The van der Waals surface area contributed by atoms with Gasteiger partial charge in [-0.05, 0) is 30.5 Å². The Kier molecular flexibility index (Phi) is 5.59. The highest BCUT2D eigenvalue weighted by atomic mass is 16.5. The molecule has 5 heteroatoms. The summed E-state index contributed by atoms with van der Waals surface area (Å²) in [5.74, 6) is 0.562. The molecule has 0 saturated heterocycles. The van der Waals surface area contributed by atoms with E-state index in [2.05, 4.69) is 5.32 Å². The van der Waals surface area contributed by atoms with E-state index in [0.717, 1.165) is 18.4 Å². The molecule has 116 valence electrons. The Balaban J connectivity index is 1.93. The molecule has 1 fully saturated rings. The molecular formula is C16H23NO4. The number of benzene rings is 1. The standard InChI is InChI=1S/C16H23NO4/c1-21-12-6-4-5-11(9-12)10-15(19)17-13-7-2-3-8-14(18)16(13)20/h4-6,9,13-14,16,18,20H,2-3,7-8,10H2,1H3,(H,17,19)/t13-,14-,16-/m1/s1. The number of carbonyl (C=O) groups is 1. The van der Waals surface area contributed by atoms with Gasteiger partial charge >= 0.3 is 0 Å². The van der Waals surface area contributed by atoms with Gasteiger partial charge in [-0.2, -0.15) is 0 Å². The number of hydrogen-bond donors (Lipinski definition) is 3. The highest BCUT2D eigenvalue weighted by molar-refractivity contribution is 5.79. The van der Waals surface area contributed by atoms with E-state index < -0.39 is 12.2 Å². The van der Waals surface area contributed by atoms with Crippen LogP contribution in [0.1, 0.15) is 31.2 Å². The minimum atomic E-state index is -0.887. The second-order valence-electron chi connectivity index (χ2n) is 5.54. The summed E-state index contributed by atoms with van der Waals surface area (Å²) in [6.45, 7) is 0. The molecule has 3 N–H and O–H groups in total. The fraction of sp³-hybridized carbons (Fsp3) is 0.562. The highest BCUT2D eigenvalue weighted by Gasteiger charge is 2.29. The maximum Gasteiger partial charge on any atom is 0.224 e. The topological polar surface area (TPSA) is 78.8 Å². The Morgan fingerprint density at radius 1 is 1.33 bits per heavy atom. The maximum absolute atomic E-state index is 12.1. The van der Waals surface area contributed by atoms with Crippen LogP contribution in [0.15, 0.2) is 24.3 Å². The second kappa shape index (κ2) is 7.43. The SMILES string of the molecule is COc1cccc(CC(=O)N[C@@H]2CCCC[C@@H](O)[C@@H]2O)c1. The fourth-order valence-electron chi connectivity index (χ4n) is 2.71. The van der Waals surface area contributed by atoms with Crippen LogP contribution in [0.3, 0.4) is 0 Å². The molecule has 0 aliphatic heterocycles. The van der Waals surface area contributed by atoms with Gasteiger partial charge in [0.2, 0.25) is 5.91 Å². The molecule has 5 nitrogen and oxygen atoms in total. The Labute approximate surface area is 124 Å². The molecule has 0 bridgehead atoms. The molecule has 1 aliphatic carbocycles. The average molecular weight is 293 g/mol. The predicted octanol–water partition coefficient (Wildman–Crippen LogP) is 1.02. The second-order valence-corrected chi connectivity index (χ2v) is 5.54. The van der Waals surface area contributed by atoms with Gasteiger partial charge in [0.05, 0.1) is 31.8 Å². The first-order valence-electron chi connectivity index (χ1n) is 7.38. The van der Waals surface area contributed by atoms with Crippen molar-refractivity contribution in [1.29, 1.82) is 0 Å². The van der Waals surface area contributed by atoms with Crippen LogP contribution in [0.5, 0.6) is 5.75 Å². The van der Waals surface area contributed by atoms with E-state index in [1.165, 1.54) is 0 Å². The number of hydrogen-bond acceptors (Lipinski definition) is 4. The van der Waals surface area contributed by atoms with Crippen LogP contribution >= 0.6 is 0 Å². The first-order chi connectivity index (χ1) is 10.1. The third-order valence-corrected chi connectivity index (χ3v) is 3.92. The minimum Gasteiger partial charge on any atom is -0.497 e. The summed E-state index contributed by atoms with van der Waals surface area (Å²) in [6.07, 6.45) is 1.65. The van der Waals surface area contributed by atoms with Gasteiger partial charge in [0.25, 0.3) is 0 Å². The van der Waals surface area contributed by atoms with Crippen LogP contribution in [0.2, 0.25) is 0 Å². The molecule has 1 aromatic rings. The molecule has 1 amide bonds. The van der Waals surface area contributed by atoms with Crippen LogP contribution in [-0.2, 0) is 11.2 Å². The molecule has 1 saturated carbocycles. The molecule has 2 rings (SSSR count). The summed E-state index contributed by atoms with van der Waals surface area (Å²) >= 11 is 0. The van der Waals surface area contributed by atoms with E-state index in [0.29, 0.717) is 18.6 Å². The van der Waals surface area contributed by atoms with Crippen molar-refractivity contribution in [1.82, 2.24) is 5.32 Å². The van der Waals surface area contributed by atoms with E-state index >= 15 is 0 Å². The van der Waals surface area contributed by atoms with Crippen molar-refractivity contribution >= 4 is 5.91 Å². The first-order valence-corrected chi connectivity index (χ1v) is 7.38. The summed E-state index contributed by atoms with van der Waals surface area (Å²) in [5.41, 5.74) is 0.857. The average Bonchev–Trinajstić information content (AvgIpc) is 2.63. The lowest BCUT2D eigenvalue weighted by molar-refractivity contribution is -0.122. The summed E-state index contributed by atoms with van der Waals surface area (Å²) < 4.78 is 5.13. The number of nitrogens with one attached hydrogen (secondary N) is 1. The van der Waals surface area contributed by atoms with E-state index in [4.69, 9.17) is 4.74 Å². The van der Waals surface area contributed by atoms with E-state index in [1.807, 2.05) is 24.3 Å². The third-order valence-electron chi connectivity index (χ3n) is 3.92. The largest absolute Gasteiger partial charge is 0.497 e. The lowest BCUT2D eigenvalue weighted by atomic mass is 10.0. The van der Waals surface area contributed by atoms with Crippen molar-refractivity contribution in [2.24, 2.45) is 0 Å². The van der Waals surface area contributed by atoms with Crippen molar-refractivity contribution in [3.8, 4) is 5.75 Å². The van der Waals surface area contributed by atoms with Crippen LogP contribution in [0.25, 0.3) is 0 Å². The number of ether oxygens (including phenoxy) is 1. The van der Waals surface area contributed by atoms with Crippen LogP contribution < -0.4 is 10.1 Å². The molecule has 1 aliphatic rings. The number of aliphatic hydroxyl groups is 2. The number of carbonyl (C=O) groups excluding carboxylic acids is 1. The fourth-order valence-corrected chi connectivity index (χ4v) is 2.71. The van der Waals surface area contributed by atoms with Crippen LogP contribution in [0, 0.1) is 0 Å². The molecule has 21 heavy (non-hydrogen) atoms. The zero-order chi connectivity index (χ0) is 15.2. The smallest absolute Gasteiger partial charge is 0.224 e. The minimum absolute atomic E-state index is 0.151. The lowest BCUT2D eigenvalue weighted by Gasteiger charge is -2.24. The van der Waals surface area contributed by atoms with Gasteiger partial charge in [0.15, 0.2) is 0 Å². The van der Waals surface area contributed by atoms with Crippen molar-refractivity contribution in [3.63, 3.8) is 0 Å². The van der Waals surface area contributed by atoms with Crippen LogP contribution in [0.4, 0.5) is 0 Å². The highest BCUT2D eigenvalue weighted by Crippen LogP contribution is 2.19. The van der Waals surface area contributed by atoms with Crippen molar-refractivity contribution in [2.45, 2.75) is 50.4 Å². The van der Waals surface area contributed by atoms with Gasteiger partial charge in [-0.25, -0.2) is 0 Å². The molecule has 1 aromatic carbocycles. The molecule has 3 atom stereocenters. The third kappa shape index (κ3) is 4.44. The van der Waals surface area contributed by atoms with E-state index in [-0.39, 0.29) is 18.4 Å².